The molecule has 1 aromatic carbocycles. The molecule has 0 saturated carbocycles. The zero-order valence-corrected chi connectivity index (χ0v) is 12.6. The first kappa shape index (κ1) is 16.8. The van der Waals surface area contributed by atoms with Crippen LogP contribution in [0, 0.1) is 5.92 Å². The van der Waals surface area contributed by atoms with Gasteiger partial charge in [0.2, 0.25) is 5.91 Å². The fraction of sp³-hybridized carbons (Fsp3) is 0.375. The minimum atomic E-state index is -1.18. The molecule has 0 aliphatic rings. The predicted octanol–water partition coefficient (Wildman–Crippen LogP) is 2.67. The van der Waals surface area contributed by atoms with Crippen molar-refractivity contribution >= 4 is 18.0 Å². The van der Waals surface area contributed by atoms with Gasteiger partial charge < -0.3 is 15.2 Å². The second kappa shape index (κ2) is 8.09. The molecule has 114 valence electrons. The lowest BCUT2D eigenvalue weighted by atomic mass is 10.1. The Bertz CT molecular complexity index is 535. The smallest absolute Gasteiger partial charge is 0.352 e. The highest BCUT2D eigenvalue weighted by Gasteiger charge is 2.09. The number of hydrogen-bond donors (Lipinski definition) is 2. The predicted molar refractivity (Wildman–Crippen MR) is 80.8 cm³/mol. The number of carbonyl (C=O) groups is 2. The van der Waals surface area contributed by atoms with E-state index in [-0.39, 0.29) is 5.70 Å². The zero-order chi connectivity index (χ0) is 15.8. The summed E-state index contributed by atoms with van der Waals surface area (Å²) in [5.74, 6) is -0.368. The Hall–Kier alpha value is -2.30. The van der Waals surface area contributed by atoms with Gasteiger partial charge in [0.25, 0.3) is 0 Å². The molecule has 0 heterocycles. The summed E-state index contributed by atoms with van der Waals surface area (Å²) in [5.41, 5.74) is 0.491. The largest absolute Gasteiger partial charge is 0.494 e. The monoisotopic (exact) mass is 291 g/mol. The molecule has 0 atom stereocenters. The Kier molecular flexibility index (Phi) is 6.46. The van der Waals surface area contributed by atoms with Crippen LogP contribution in [0.5, 0.6) is 5.75 Å². The van der Waals surface area contributed by atoms with Crippen LogP contribution in [0.3, 0.4) is 0 Å². The summed E-state index contributed by atoms with van der Waals surface area (Å²) in [6.45, 7) is 6.12. The van der Waals surface area contributed by atoms with Gasteiger partial charge in [0, 0.05) is 6.92 Å². The average Bonchev–Trinajstić information content (AvgIpc) is 2.37. The van der Waals surface area contributed by atoms with E-state index in [0.717, 1.165) is 6.42 Å². The lowest BCUT2D eigenvalue weighted by molar-refractivity contribution is -0.134. The van der Waals surface area contributed by atoms with Crippen molar-refractivity contribution in [1.29, 1.82) is 0 Å². The summed E-state index contributed by atoms with van der Waals surface area (Å²) >= 11 is 0. The van der Waals surface area contributed by atoms with E-state index in [0.29, 0.717) is 23.8 Å². The van der Waals surface area contributed by atoms with Gasteiger partial charge in [-0.15, -0.1) is 0 Å². The molecule has 5 heteroatoms. The Balaban J connectivity index is 2.82. The molecule has 0 radical (unpaired) electrons. The van der Waals surface area contributed by atoms with Gasteiger partial charge >= 0.3 is 5.97 Å². The summed E-state index contributed by atoms with van der Waals surface area (Å²) in [7, 11) is 0. The molecule has 2 N–H and O–H groups in total. The van der Waals surface area contributed by atoms with Crippen molar-refractivity contribution in [2.24, 2.45) is 5.92 Å². The molecule has 1 aromatic rings. The van der Waals surface area contributed by atoms with E-state index < -0.39 is 11.9 Å². The molecule has 0 aliphatic carbocycles. The first-order valence-electron chi connectivity index (χ1n) is 6.84. The molecule has 0 aliphatic heterocycles. The van der Waals surface area contributed by atoms with Crippen molar-refractivity contribution in [3.63, 3.8) is 0 Å². The number of hydrogen-bond acceptors (Lipinski definition) is 3. The lowest BCUT2D eigenvalue weighted by Crippen LogP contribution is -2.24. The van der Waals surface area contributed by atoms with Gasteiger partial charge in [0.15, 0.2) is 0 Å². The quantitative estimate of drug-likeness (QED) is 0.757. The third kappa shape index (κ3) is 6.61. The summed E-state index contributed by atoms with van der Waals surface area (Å²) in [5, 5.41) is 11.3. The van der Waals surface area contributed by atoms with Crippen molar-refractivity contribution in [2.75, 3.05) is 6.61 Å². The fourth-order valence-electron chi connectivity index (χ4n) is 1.61. The van der Waals surface area contributed by atoms with Gasteiger partial charge in [0.05, 0.1) is 6.61 Å². The molecule has 0 unspecified atom stereocenters. The van der Waals surface area contributed by atoms with Crippen LogP contribution in [0.4, 0.5) is 0 Å². The molecule has 1 amide bonds. The second-order valence-electron chi connectivity index (χ2n) is 5.15. The van der Waals surface area contributed by atoms with E-state index in [2.05, 4.69) is 19.2 Å². The molecule has 5 nitrogen and oxygen atoms in total. The van der Waals surface area contributed by atoms with E-state index in [9.17, 15) is 9.59 Å². The maximum atomic E-state index is 11.1. The summed E-state index contributed by atoms with van der Waals surface area (Å²) in [6.07, 6.45) is 2.35. The Morgan fingerprint density at radius 2 is 2.10 bits per heavy atom. The Labute approximate surface area is 124 Å². The maximum absolute atomic E-state index is 11.1. The average molecular weight is 291 g/mol. The number of benzene rings is 1. The second-order valence-corrected chi connectivity index (χ2v) is 5.15. The maximum Gasteiger partial charge on any atom is 0.352 e. The van der Waals surface area contributed by atoms with Crippen LogP contribution in [0.1, 0.15) is 32.8 Å². The number of carbonyl (C=O) groups excluding carboxylic acids is 1. The molecule has 0 aromatic heterocycles. The van der Waals surface area contributed by atoms with E-state index in [1.165, 1.54) is 13.0 Å². The third-order valence-electron chi connectivity index (χ3n) is 2.67. The number of carboxylic acid groups (broad SMARTS) is 1. The van der Waals surface area contributed by atoms with Crippen molar-refractivity contribution in [1.82, 2.24) is 5.32 Å². The molecule has 0 bridgehead atoms. The molecular formula is C16H21NO4. The van der Waals surface area contributed by atoms with Gasteiger partial charge in [-0.25, -0.2) is 4.79 Å². The van der Waals surface area contributed by atoms with Gasteiger partial charge in [-0.05, 0) is 36.1 Å². The molecular weight excluding hydrogens is 270 g/mol. The van der Waals surface area contributed by atoms with Crippen LogP contribution in [0.2, 0.25) is 0 Å². The van der Waals surface area contributed by atoms with Crippen molar-refractivity contribution in [3.8, 4) is 5.75 Å². The number of rotatable bonds is 7. The molecule has 0 spiro atoms. The molecule has 21 heavy (non-hydrogen) atoms. The van der Waals surface area contributed by atoms with E-state index in [1.807, 2.05) is 6.07 Å². The number of nitrogens with one attached hydrogen (secondary N) is 1. The lowest BCUT2D eigenvalue weighted by Gasteiger charge is -2.09. The van der Waals surface area contributed by atoms with Crippen molar-refractivity contribution in [3.05, 3.63) is 35.5 Å². The van der Waals surface area contributed by atoms with Crippen molar-refractivity contribution in [2.45, 2.75) is 27.2 Å². The standard InChI is InChI=1S/C16H21NO4/c1-11(2)7-8-21-14-6-4-5-13(9-14)10-15(16(19)20)17-12(3)18/h4-6,9-11H,7-8H2,1-3H3,(H,17,18)(H,19,20)/b15-10-. The molecule has 1 rings (SSSR count). The van der Waals surface area contributed by atoms with Gasteiger partial charge in [0.1, 0.15) is 11.4 Å². The van der Waals surface area contributed by atoms with Crippen LogP contribution in [0.15, 0.2) is 30.0 Å². The first-order valence-corrected chi connectivity index (χ1v) is 6.84. The highest BCUT2D eigenvalue weighted by molar-refractivity contribution is 5.96. The fourth-order valence-corrected chi connectivity index (χ4v) is 1.61. The Morgan fingerprint density at radius 3 is 2.67 bits per heavy atom. The Morgan fingerprint density at radius 1 is 1.38 bits per heavy atom. The highest BCUT2D eigenvalue weighted by atomic mass is 16.5. The zero-order valence-electron chi connectivity index (χ0n) is 12.6. The van der Waals surface area contributed by atoms with Crippen molar-refractivity contribution < 1.29 is 19.4 Å². The normalized spacial score (nSPS) is 11.3. The van der Waals surface area contributed by atoms with Crippen LogP contribution in [-0.2, 0) is 9.59 Å². The van der Waals surface area contributed by atoms with Crippen LogP contribution >= 0.6 is 0 Å². The summed E-state index contributed by atoms with van der Waals surface area (Å²) < 4.78 is 5.62. The van der Waals surface area contributed by atoms with Crippen LogP contribution < -0.4 is 10.1 Å². The minimum Gasteiger partial charge on any atom is -0.494 e. The summed E-state index contributed by atoms with van der Waals surface area (Å²) in [4.78, 5) is 22.0. The number of aliphatic carboxylic acids is 1. The molecule has 0 fully saturated rings. The van der Waals surface area contributed by atoms with E-state index >= 15 is 0 Å². The first-order chi connectivity index (χ1) is 9.88. The number of amides is 1. The van der Waals surface area contributed by atoms with E-state index in [1.54, 1.807) is 18.2 Å². The topological polar surface area (TPSA) is 75.6 Å². The highest BCUT2D eigenvalue weighted by Crippen LogP contribution is 2.16. The number of carboxylic acids is 1. The van der Waals surface area contributed by atoms with E-state index in [4.69, 9.17) is 9.84 Å². The van der Waals surface area contributed by atoms with Crippen LogP contribution in [-0.4, -0.2) is 23.6 Å². The third-order valence-corrected chi connectivity index (χ3v) is 2.67. The van der Waals surface area contributed by atoms with Gasteiger partial charge in [-0.3, -0.25) is 4.79 Å². The van der Waals surface area contributed by atoms with Crippen LogP contribution in [0.25, 0.3) is 6.08 Å². The molecule has 0 saturated heterocycles. The van der Waals surface area contributed by atoms with Gasteiger partial charge in [-0.2, -0.15) is 0 Å². The SMILES string of the molecule is CC(=O)N/C(=C\c1cccc(OCCC(C)C)c1)C(=O)O. The minimum absolute atomic E-state index is 0.165. The van der Waals surface area contributed by atoms with Gasteiger partial charge in [-0.1, -0.05) is 26.0 Å². The number of ether oxygens (including phenoxy) is 1. The summed E-state index contributed by atoms with van der Waals surface area (Å²) in [6, 6.07) is 7.09.